The minimum absolute atomic E-state index is 0.00784. The number of amides is 1. The van der Waals surface area contributed by atoms with E-state index in [1.807, 2.05) is 30.0 Å². The lowest BCUT2D eigenvalue weighted by molar-refractivity contribution is -0.147. The third-order valence-corrected chi connectivity index (χ3v) is 5.51. The molecule has 5 nitrogen and oxygen atoms in total. The minimum atomic E-state index is -4.47. The number of benzene rings is 1. The Labute approximate surface area is 161 Å². The Morgan fingerprint density at radius 1 is 1.29 bits per heavy atom. The van der Waals surface area contributed by atoms with Crippen molar-refractivity contribution in [2.75, 3.05) is 13.2 Å². The lowest BCUT2D eigenvalue weighted by Crippen LogP contribution is -2.42. The molecule has 0 spiro atoms. The van der Waals surface area contributed by atoms with Crippen LogP contribution in [0.4, 0.5) is 13.2 Å². The molecule has 0 radical (unpaired) electrons. The smallest absolute Gasteiger partial charge is 0.449 e. The topological polar surface area (TPSA) is 47.4 Å². The molecule has 0 saturated heterocycles. The van der Waals surface area contributed by atoms with Gasteiger partial charge < -0.3 is 14.2 Å². The maximum atomic E-state index is 13.0. The zero-order valence-corrected chi connectivity index (χ0v) is 15.6. The van der Waals surface area contributed by atoms with Gasteiger partial charge in [-0.3, -0.25) is 4.79 Å². The van der Waals surface area contributed by atoms with Crippen LogP contribution in [0.25, 0.3) is 0 Å². The van der Waals surface area contributed by atoms with E-state index in [-0.39, 0.29) is 18.4 Å². The number of nitrogens with zero attached hydrogens (tertiary/aromatic N) is 3. The number of alkyl halides is 3. The number of aromatic nitrogens is 2. The molecule has 0 unspecified atom stereocenters. The van der Waals surface area contributed by atoms with Crippen LogP contribution >= 0.6 is 0 Å². The molecular formula is C20H22F3N3O2. The number of ether oxygens (including phenoxy) is 1. The SMILES string of the molecule is CCOc1ccc2c(c1)CN(C(=O)[C@H]1CCn3c(cnc3C(F)(F)F)C1)CC2. The lowest BCUT2D eigenvalue weighted by Gasteiger charge is -2.33. The number of hydrogen-bond acceptors (Lipinski definition) is 3. The summed E-state index contributed by atoms with van der Waals surface area (Å²) in [6.07, 6.45) is -1.75. The summed E-state index contributed by atoms with van der Waals surface area (Å²) in [4.78, 5) is 18.4. The second kappa shape index (κ2) is 7.14. The van der Waals surface area contributed by atoms with Crippen LogP contribution in [0.1, 0.15) is 36.0 Å². The monoisotopic (exact) mass is 393 g/mol. The molecule has 8 heteroatoms. The van der Waals surface area contributed by atoms with Crippen LogP contribution in [0.3, 0.4) is 0 Å². The lowest BCUT2D eigenvalue weighted by atomic mass is 9.92. The highest BCUT2D eigenvalue weighted by Crippen LogP contribution is 2.33. The first-order valence-electron chi connectivity index (χ1n) is 9.51. The maximum Gasteiger partial charge on any atom is 0.449 e. The van der Waals surface area contributed by atoms with Crippen LogP contribution < -0.4 is 4.74 Å². The molecule has 0 fully saturated rings. The number of fused-ring (bicyclic) bond motifs is 2. The summed E-state index contributed by atoms with van der Waals surface area (Å²) in [7, 11) is 0. The van der Waals surface area contributed by atoms with Crippen molar-refractivity contribution < 1.29 is 22.7 Å². The van der Waals surface area contributed by atoms with Crippen molar-refractivity contribution >= 4 is 5.91 Å². The number of rotatable bonds is 3. The van der Waals surface area contributed by atoms with Gasteiger partial charge in [-0.15, -0.1) is 0 Å². The maximum absolute atomic E-state index is 13.0. The summed E-state index contributed by atoms with van der Waals surface area (Å²) in [5, 5.41) is 0. The molecule has 2 aliphatic heterocycles. The molecular weight excluding hydrogens is 371 g/mol. The van der Waals surface area contributed by atoms with Gasteiger partial charge in [-0.25, -0.2) is 4.98 Å². The van der Waals surface area contributed by atoms with Crippen molar-refractivity contribution in [1.29, 1.82) is 0 Å². The number of carbonyl (C=O) groups is 1. The molecule has 0 aliphatic carbocycles. The van der Waals surface area contributed by atoms with Crippen molar-refractivity contribution in [2.45, 2.75) is 45.5 Å². The van der Waals surface area contributed by atoms with Crippen LogP contribution in [-0.2, 0) is 36.9 Å². The molecule has 2 aliphatic rings. The van der Waals surface area contributed by atoms with Gasteiger partial charge in [0, 0.05) is 43.9 Å². The molecule has 4 rings (SSSR count). The average molecular weight is 393 g/mol. The number of hydrogen-bond donors (Lipinski definition) is 0. The van der Waals surface area contributed by atoms with Crippen LogP contribution in [0.2, 0.25) is 0 Å². The minimum Gasteiger partial charge on any atom is -0.494 e. The third-order valence-electron chi connectivity index (χ3n) is 5.51. The molecule has 28 heavy (non-hydrogen) atoms. The molecule has 1 aromatic carbocycles. The highest BCUT2D eigenvalue weighted by molar-refractivity contribution is 5.79. The standard InChI is InChI=1S/C20H22F3N3O2/c1-2-28-17-4-3-13-5-7-25(12-15(13)10-17)18(27)14-6-8-26-16(9-14)11-24-19(26)20(21,22)23/h3-4,10-11,14H,2,5-9,12H2,1H3/t14-/m0/s1. The Morgan fingerprint density at radius 2 is 2.11 bits per heavy atom. The van der Waals surface area contributed by atoms with Crippen molar-refractivity contribution in [3.8, 4) is 5.75 Å². The predicted molar refractivity (Wildman–Crippen MR) is 95.8 cm³/mol. The second-order valence-corrected chi connectivity index (χ2v) is 7.29. The van der Waals surface area contributed by atoms with Crippen LogP contribution in [0.5, 0.6) is 5.75 Å². The van der Waals surface area contributed by atoms with E-state index in [1.165, 1.54) is 16.3 Å². The van der Waals surface area contributed by atoms with Gasteiger partial charge in [-0.05, 0) is 43.0 Å². The Morgan fingerprint density at radius 3 is 2.86 bits per heavy atom. The first kappa shape index (κ1) is 18.8. The van der Waals surface area contributed by atoms with Crippen LogP contribution in [-0.4, -0.2) is 33.5 Å². The molecule has 1 amide bonds. The van der Waals surface area contributed by atoms with Gasteiger partial charge in [-0.2, -0.15) is 13.2 Å². The largest absolute Gasteiger partial charge is 0.494 e. The highest BCUT2D eigenvalue weighted by atomic mass is 19.4. The molecule has 3 heterocycles. The average Bonchev–Trinajstić information content (AvgIpc) is 3.10. The fourth-order valence-corrected chi connectivity index (χ4v) is 4.14. The molecule has 0 N–H and O–H groups in total. The predicted octanol–water partition coefficient (Wildman–Crippen LogP) is 3.45. The second-order valence-electron chi connectivity index (χ2n) is 7.29. The van der Waals surface area contributed by atoms with Gasteiger partial charge >= 0.3 is 6.18 Å². The van der Waals surface area contributed by atoms with E-state index < -0.39 is 12.0 Å². The summed E-state index contributed by atoms with van der Waals surface area (Å²) < 4.78 is 45.8. The van der Waals surface area contributed by atoms with Gasteiger partial charge in [0.2, 0.25) is 11.7 Å². The van der Waals surface area contributed by atoms with Crippen LogP contribution in [0.15, 0.2) is 24.4 Å². The van der Waals surface area contributed by atoms with Gasteiger partial charge in [-0.1, -0.05) is 6.07 Å². The first-order valence-corrected chi connectivity index (χ1v) is 9.51. The van der Waals surface area contributed by atoms with Crippen LogP contribution in [0, 0.1) is 5.92 Å². The summed E-state index contributed by atoms with van der Waals surface area (Å²) in [5.41, 5.74) is 2.77. The van der Waals surface area contributed by atoms with E-state index in [9.17, 15) is 18.0 Å². The summed E-state index contributed by atoms with van der Waals surface area (Å²) in [6.45, 7) is 3.81. The number of halogens is 3. The molecule has 1 atom stereocenters. The van der Waals surface area contributed by atoms with E-state index in [2.05, 4.69) is 4.98 Å². The van der Waals surface area contributed by atoms with E-state index in [1.54, 1.807) is 0 Å². The van der Waals surface area contributed by atoms with Gasteiger partial charge in [0.1, 0.15) is 5.75 Å². The fourth-order valence-electron chi connectivity index (χ4n) is 4.14. The Hall–Kier alpha value is -2.51. The van der Waals surface area contributed by atoms with Gasteiger partial charge in [0.25, 0.3) is 0 Å². The zero-order chi connectivity index (χ0) is 19.9. The van der Waals surface area contributed by atoms with E-state index >= 15 is 0 Å². The number of carbonyl (C=O) groups excluding carboxylic acids is 1. The Balaban J connectivity index is 1.47. The Kier molecular flexibility index (Phi) is 4.81. The van der Waals surface area contributed by atoms with Crippen molar-refractivity contribution in [1.82, 2.24) is 14.5 Å². The first-order chi connectivity index (χ1) is 13.4. The summed E-state index contributed by atoms with van der Waals surface area (Å²) in [6, 6.07) is 5.96. The van der Waals surface area contributed by atoms with E-state index in [0.29, 0.717) is 38.2 Å². The van der Waals surface area contributed by atoms with Gasteiger partial charge in [0.05, 0.1) is 6.61 Å². The quantitative estimate of drug-likeness (QED) is 0.803. The zero-order valence-electron chi connectivity index (χ0n) is 15.6. The number of imidazole rings is 1. The van der Waals surface area contributed by atoms with Gasteiger partial charge in [0.15, 0.2) is 0 Å². The molecule has 1 aromatic heterocycles. The Bertz CT molecular complexity index is 891. The van der Waals surface area contributed by atoms with E-state index in [0.717, 1.165) is 17.7 Å². The van der Waals surface area contributed by atoms with Crippen molar-refractivity contribution in [3.05, 3.63) is 47.0 Å². The van der Waals surface area contributed by atoms with Crippen molar-refractivity contribution in [3.63, 3.8) is 0 Å². The normalized spacial score (nSPS) is 19.1. The summed E-state index contributed by atoms with van der Waals surface area (Å²) >= 11 is 0. The third kappa shape index (κ3) is 3.47. The molecule has 150 valence electrons. The molecule has 0 saturated carbocycles. The van der Waals surface area contributed by atoms with E-state index in [4.69, 9.17) is 4.74 Å². The molecule has 2 aromatic rings. The van der Waals surface area contributed by atoms with Crippen molar-refractivity contribution in [2.24, 2.45) is 5.92 Å². The molecule has 0 bridgehead atoms. The fraction of sp³-hybridized carbons (Fsp3) is 0.500. The summed E-state index contributed by atoms with van der Waals surface area (Å²) in [5.74, 6) is -0.379. The highest BCUT2D eigenvalue weighted by Gasteiger charge is 2.40.